The lowest BCUT2D eigenvalue weighted by Gasteiger charge is -2.05. The van der Waals surface area contributed by atoms with Gasteiger partial charge in [0.2, 0.25) is 0 Å². The van der Waals surface area contributed by atoms with E-state index in [9.17, 15) is 4.79 Å². The molecule has 0 saturated heterocycles. The van der Waals surface area contributed by atoms with Crippen molar-refractivity contribution >= 4 is 17.7 Å². The molecule has 4 heteroatoms. The van der Waals surface area contributed by atoms with Crippen molar-refractivity contribution in [3.8, 4) is 0 Å². The van der Waals surface area contributed by atoms with Gasteiger partial charge in [0, 0.05) is 5.75 Å². The molecule has 0 rings (SSSR count). The summed E-state index contributed by atoms with van der Waals surface area (Å²) >= 11 is 1.55. The second kappa shape index (κ2) is 6.08. The first kappa shape index (κ1) is 11.5. The van der Waals surface area contributed by atoms with Crippen molar-refractivity contribution in [2.45, 2.75) is 19.4 Å². The van der Waals surface area contributed by atoms with Crippen LogP contribution in [0.15, 0.2) is 12.2 Å². The van der Waals surface area contributed by atoms with Gasteiger partial charge in [-0.05, 0) is 19.1 Å². The van der Waals surface area contributed by atoms with Crippen molar-refractivity contribution in [2.75, 3.05) is 11.5 Å². The number of nitrogens with two attached hydrogens (primary N) is 1. The highest BCUT2D eigenvalue weighted by Crippen LogP contribution is 2.07. The normalized spacial score (nSPS) is 12.5. The summed E-state index contributed by atoms with van der Waals surface area (Å²) in [4.78, 5) is 10.3. The molecule has 0 aliphatic carbocycles. The van der Waals surface area contributed by atoms with Crippen LogP contribution in [0.1, 0.15) is 13.3 Å². The zero-order valence-corrected chi connectivity index (χ0v) is 8.06. The van der Waals surface area contributed by atoms with E-state index in [1.807, 2.05) is 6.92 Å². The summed E-state index contributed by atoms with van der Waals surface area (Å²) in [7, 11) is 0. The molecule has 0 radical (unpaired) electrons. The van der Waals surface area contributed by atoms with Crippen LogP contribution in [0.4, 0.5) is 0 Å². The molecule has 0 spiro atoms. The highest BCUT2D eigenvalue weighted by molar-refractivity contribution is 7.99. The molecular weight excluding hydrogens is 174 g/mol. The fraction of sp³-hybridized carbons (Fsp3) is 0.625. The lowest BCUT2D eigenvalue weighted by Crippen LogP contribution is -2.32. The molecule has 12 heavy (non-hydrogen) atoms. The summed E-state index contributed by atoms with van der Waals surface area (Å²) in [6.07, 6.45) is 0.928. The fourth-order valence-corrected chi connectivity index (χ4v) is 1.58. The number of carboxylic acids is 1. The van der Waals surface area contributed by atoms with Crippen LogP contribution in [0.3, 0.4) is 0 Å². The number of carboxylic acid groups (broad SMARTS) is 1. The summed E-state index contributed by atoms with van der Waals surface area (Å²) < 4.78 is 0. The van der Waals surface area contributed by atoms with Crippen LogP contribution < -0.4 is 5.73 Å². The number of aliphatic carboxylic acids is 1. The summed E-state index contributed by atoms with van der Waals surface area (Å²) in [6, 6.07) is -0.736. The van der Waals surface area contributed by atoms with Crippen molar-refractivity contribution in [1.29, 1.82) is 0 Å². The predicted octanol–water partition coefficient (Wildman–Crippen LogP) is 1.10. The van der Waals surface area contributed by atoms with Crippen LogP contribution in [0.5, 0.6) is 0 Å². The Morgan fingerprint density at radius 2 is 2.33 bits per heavy atom. The Labute approximate surface area is 77.0 Å². The first-order chi connectivity index (χ1) is 5.54. The first-order valence-electron chi connectivity index (χ1n) is 3.74. The van der Waals surface area contributed by atoms with E-state index in [0.717, 1.165) is 17.7 Å². The first-order valence-corrected chi connectivity index (χ1v) is 4.90. The molecule has 0 aliphatic heterocycles. The predicted molar refractivity (Wildman–Crippen MR) is 52.4 cm³/mol. The monoisotopic (exact) mass is 189 g/mol. The molecule has 70 valence electrons. The van der Waals surface area contributed by atoms with E-state index in [2.05, 4.69) is 6.58 Å². The van der Waals surface area contributed by atoms with Crippen molar-refractivity contribution in [3.63, 3.8) is 0 Å². The molecule has 0 aliphatic rings. The molecule has 0 unspecified atom stereocenters. The van der Waals surface area contributed by atoms with Gasteiger partial charge in [-0.1, -0.05) is 5.57 Å². The number of thioether (sulfide) groups is 1. The average Bonchev–Trinajstić information content (AvgIpc) is 1.97. The van der Waals surface area contributed by atoms with E-state index in [-0.39, 0.29) is 0 Å². The second-order valence-corrected chi connectivity index (χ2v) is 3.88. The maximum absolute atomic E-state index is 10.3. The molecule has 0 aromatic heterocycles. The third kappa shape index (κ3) is 6.24. The maximum atomic E-state index is 10.3. The molecule has 0 aromatic rings. The highest BCUT2D eigenvalue weighted by atomic mass is 32.2. The van der Waals surface area contributed by atoms with E-state index >= 15 is 0 Å². The van der Waals surface area contributed by atoms with Crippen LogP contribution in [-0.2, 0) is 4.79 Å². The van der Waals surface area contributed by atoms with Gasteiger partial charge in [-0.3, -0.25) is 4.79 Å². The van der Waals surface area contributed by atoms with Gasteiger partial charge in [0.05, 0.1) is 0 Å². The van der Waals surface area contributed by atoms with Crippen LogP contribution in [0.25, 0.3) is 0 Å². The standard InChI is InChI=1S/C8H15NO2S/c1-6(2)3-4-12-5-7(9)8(10)11/h7H,1,3-5,9H2,2H3,(H,10,11)/t7-/m0/s1. The Morgan fingerprint density at radius 1 is 1.75 bits per heavy atom. The average molecular weight is 189 g/mol. The second-order valence-electron chi connectivity index (χ2n) is 2.73. The molecule has 0 bridgehead atoms. The maximum Gasteiger partial charge on any atom is 0.321 e. The number of hydrogen-bond donors (Lipinski definition) is 2. The Hall–Kier alpha value is -0.480. The molecule has 0 amide bonds. The van der Waals surface area contributed by atoms with Gasteiger partial charge in [-0.2, -0.15) is 11.8 Å². The summed E-state index contributed by atoms with van der Waals surface area (Å²) in [6.45, 7) is 5.70. The van der Waals surface area contributed by atoms with Crippen molar-refractivity contribution in [1.82, 2.24) is 0 Å². The third-order valence-electron chi connectivity index (χ3n) is 1.29. The Bertz CT molecular complexity index is 170. The van der Waals surface area contributed by atoms with Gasteiger partial charge in [-0.15, -0.1) is 6.58 Å². The third-order valence-corrected chi connectivity index (χ3v) is 2.38. The number of carbonyl (C=O) groups is 1. The van der Waals surface area contributed by atoms with E-state index in [4.69, 9.17) is 10.8 Å². The quantitative estimate of drug-likeness (QED) is 0.485. The lowest BCUT2D eigenvalue weighted by atomic mass is 10.3. The van der Waals surface area contributed by atoms with Crippen LogP contribution in [0.2, 0.25) is 0 Å². The van der Waals surface area contributed by atoms with Crippen molar-refractivity contribution in [3.05, 3.63) is 12.2 Å². The molecule has 0 saturated carbocycles. The van der Waals surface area contributed by atoms with Crippen LogP contribution >= 0.6 is 11.8 Å². The molecule has 1 atom stereocenters. The molecular formula is C8H15NO2S. The zero-order valence-electron chi connectivity index (χ0n) is 7.25. The smallest absolute Gasteiger partial charge is 0.321 e. The molecule has 3 N–H and O–H groups in total. The Balaban J connectivity index is 3.31. The van der Waals surface area contributed by atoms with Crippen LogP contribution in [0, 0.1) is 0 Å². The Morgan fingerprint density at radius 3 is 2.75 bits per heavy atom. The minimum atomic E-state index is -0.933. The number of rotatable bonds is 6. The summed E-state index contributed by atoms with van der Waals surface area (Å²) in [5.74, 6) is 0.441. The molecule has 0 heterocycles. The lowest BCUT2D eigenvalue weighted by molar-refractivity contribution is -0.137. The van der Waals surface area contributed by atoms with Gasteiger partial charge in [0.25, 0.3) is 0 Å². The topological polar surface area (TPSA) is 63.3 Å². The van der Waals surface area contributed by atoms with E-state index < -0.39 is 12.0 Å². The SMILES string of the molecule is C=C(C)CCSC[C@H](N)C(=O)O. The van der Waals surface area contributed by atoms with Crippen LogP contribution in [-0.4, -0.2) is 28.6 Å². The van der Waals surface area contributed by atoms with Gasteiger partial charge in [0.15, 0.2) is 0 Å². The zero-order chi connectivity index (χ0) is 9.56. The minimum Gasteiger partial charge on any atom is -0.480 e. The largest absolute Gasteiger partial charge is 0.480 e. The van der Waals surface area contributed by atoms with E-state index in [0.29, 0.717) is 5.75 Å². The van der Waals surface area contributed by atoms with Gasteiger partial charge in [0.1, 0.15) is 6.04 Å². The van der Waals surface area contributed by atoms with Crippen molar-refractivity contribution < 1.29 is 9.90 Å². The Kier molecular flexibility index (Phi) is 5.84. The van der Waals surface area contributed by atoms with Crippen molar-refractivity contribution in [2.24, 2.45) is 5.73 Å². The highest BCUT2D eigenvalue weighted by Gasteiger charge is 2.09. The minimum absolute atomic E-state index is 0.475. The van der Waals surface area contributed by atoms with E-state index in [1.54, 1.807) is 11.8 Å². The van der Waals surface area contributed by atoms with Gasteiger partial charge >= 0.3 is 5.97 Å². The van der Waals surface area contributed by atoms with Gasteiger partial charge < -0.3 is 10.8 Å². The van der Waals surface area contributed by atoms with E-state index in [1.165, 1.54) is 0 Å². The fourth-order valence-electron chi connectivity index (χ4n) is 0.528. The number of allylic oxidation sites excluding steroid dienone is 1. The number of hydrogen-bond acceptors (Lipinski definition) is 3. The summed E-state index contributed by atoms with van der Waals surface area (Å²) in [5, 5.41) is 8.43. The van der Waals surface area contributed by atoms with Gasteiger partial charge in [-0.25, -0.2) is 0 Å². The molecule has 3 nitrogen and oxygen atoms in total. The molecule has 0 aromatic carbocycles. The molecule has 0 fully saturated rings. The summed E-state index contributed by atoms with van der Waals surface area (Å²) in [5.41, 5.74) is 6.41.